The van der Waals surface area contributed by atoms with Gasteiger partial charge in [0.2, 0.25) is 0 Å². The first-order valence-corrected chi connectivity index (χ1v) is 11.3. The molecule has 0 aliphatic rings. The van der Waals surface area contributed by atoms with E-state index in [0.717, 1.165) is 38.2 Å². The Labute approximate surface area is 187 Å². The molecule has 0 aliphatic carbocycles. The van der Waals surface area contributed by atoms with Crippen LogP contribution in [0.1, 0.15) is 5.56 Å². The van der Waals surface area contributed by atoms with Crippen molar-refractivity contribution in [3.63, 3.8) is 0 Å². The van der Waals surface area contributed by atoms with Crippen LogP contribution in [0, 0.1) is 0 Å². The van der Waals surface area contributed by atoms with Crippen molar-refractivity contribution in [1.29, 1.82) is 0 Å². The molecule has 3 aromatic heterocycles. The van der Waals surface area contributed by atoms with Gasteiger partial charge >= 0.3 is 0 Å². The number of nitrogens with zero attached hydrogens (tertiary/aromatic N) is 3. The maximum atomic E-state index is 13.2. The minimum Gasteiger partial charge on any atom is -0.492 e. The lowest BCUT2D eigenvalue weighted by Gasteiger charge is -2.08. The Morgan fingerprint density at radius 1 is 0.906 bits per heavy atom. The van der Waals surface area contributed by atoms with E-state index in [1.807, 2.05) is 72.8 Å². The largest absolute Gasteiger partial charge is 0.492 e. The maximum absolute atomic E-state index is 13.2. The zero-order chi connectivity index (χ0) is 21.5. The van der Waals surface area contributed by atoms with Crippen LogP contribution in [0.15, 0.2) is 89.9 Å². The van der Waals surface area contributed by atoms with Gasteiger partial charge in [-0.15, -0.1) is 0 Å². The number of ether oxygens (including phenoxy) is 1. The van der Waals surface area contributed by atoms with E-state index in [4.69, 9.17) is 4.74 Å². The van der Waals surface area contributed by atoms with Crippen molar-refractivity contribution in [1.82, 2.24) is 14.0 Å². The Kier molecular flexibility index (Phi) is 4.51. The predicted molar refractivity (Wildman–Crippen MR) is 130 cm³/mol. The molecule has 5 nitrogen and oxygen atoms in total. The van der Waals surface area contributed by atoms with Crippen molar-refractivity contribution in [3.05, 3.63) is 106 Å². The summed E-state index contributed by atoms with van der Waals surface area (Å²) in [5.74, 6) is 0.862. The average Bonchev–Trinajstić information content (AvgIpc) is 3.46. The molecule has 0 fully saturated rings. The summed E-state index contributed by atoms with van der Waals surface area (Å²) < 4.78 is 10.5. The number of hydrogen-bond donors (Lipinski definition) is 0. The molecule has 0 saturated heterocycles. The van der Waals surface area contributed by atoms with E-state index in [0.29, 0.717) is 17.7 Å². The van der Waals surface area contributed by atoms with Crippen LogP contribution in [0.4, 0.5) is 0 Å². The molecule has 0 bridgehead atoms. The molecule has 0 unspecified atom stereocenters. The van der Waals surface area contributed by atoms with Gasteiger partial charge in [0.05, 0.1) is 22.1 Å². The summed E-state index contributed by atoms with van der Waals surface area (Å²) in [6, 6.07) is 25.8. The molecule has 156 valence electrons. The van der Waals surface area contributed by atoms with Crippen molar-refractivity contribution in [2.24, 2.45) is 0 Å². The zero-order valence-electron chi connectivity index (χ0n) is 17.1. The van der Waals surface area contributed by atoms with Gasteiger partial charge < -0.3 is 9.30 Å². The summed E-state index contributed by atoms with van der Waals surface area (Å²) in [5.41, 5.74) is 3.81. The molecule has 32 heavy (non-hydrogen) atoms. The van der Waals surface area contributed by atoms with Crippen molar-refractivity contribution in [2.75, 3.05) is 6.61 Å². The van der Waals surface area contributed by atoms with E-state index >= 15 is 0 Å². The van der Waals surface area contributed by atoms with Crippen LogP contribution in [-0.2, 0) is 6.54 Å². The van der Waals surface area contributed by atoms with Gasteiger partial charge in [-0.05, 0) is 36.4 Å². The molecule has 0 radical (unpaired) electrons. The Bertz CT molecular complexity index is 1680. The SMILES string of the molecule is O=c1/c(=C/c2cn(CCOc3ccccc3)c3ccccc23)sc2nc3ccccc3n12. The molecule has 3 aromatic carbocycles. The zero-order valence-corrected chi connectivity index (χ0v) is 18.0. The molecule has 0 atom stereocenters. The highest BCUT2D eigenvalue weighted by Crippen LogP contribution is 2.23. The van der Waals surface area contributed by atoms with Crippen LogP contribution >= 0.6 is 11.3 Å². The number of rotatable bonds is 5. The number of hydrogen-bond acceptors (Lipinski definition) is 4. The second kappa shape index (κ2) is 7.66. The van der Waals surface area contributed by atoms with Gasteiger partial charge in [-0.1, -0.05) is 59.9 Å². The lowest BCUT2D eigenvalue weighted by Crippen LogP contribution is -2.22. The van der Waals surface area contributed by atoms with Crippen molar-refractivity contribution >= 4 is 44.3 Å². The third-order valence-electron chi connectivity index (χ3n) is 5.60. The summed E-state index contributed by atoms with van der Waals surface area (Å²) in [6.45, 7) is 1.28. The molecular weight excluding hydrogens is 418 g/mol. The molecule has 0 amide bonds. The molecule has 6 heteroatoms. The number of aromatic nitrogens is 3. The van der Waals surface area contributed by atoms with E-state index < -0.39 is 0 Å². The summed E-state index contributed by atoms with van der Waals surface area (Å²) >= 11 is 1.43. The lowest BCUT2D eigenvalue weighted by atomic mass is 10.2. The molecule has 0 aliphatic heterocycles. The lowest BCUT2D eigenvalue weighted by molar-refractivity contribution is 0.300. The normalized spacial score (nSPS) is 12.3. The van der Waals surface area contributed by atoms with Crippen LogP contribution in [0.5, 0.6) is 5.75 Å². The van der Waals surface area contributed by atoms with Gasteiger partial charge in [0, 0.05) is 22.7 Å². The Balaban J connectivity index is 1.40. The molecular formula is C26H19N3O2S. The van der Waals surface area contributed by atoms with E-state index in [-0.39, 0.29) is 5.56 Å². The molecule has 6 aromatic rings. The minimum absolute atomic E-state index is 0.0251. The van der Waals surface area contributed by atoms with Crippen LogP contribution in [0.25, 0.3) is 33.0 Å². The number of benzene rings is 3. The van der Waals surface area contributed by atoms with Gasteiger partial charge in [-0.3, -0.25) is 4.79 Å². The second-order valence-electron chi connectivity index (χ2n) is 7.59. The van der Waals surface area contributed by atoms with Crippen molar-refractivity contribution in [2.45, 2.75) is 6.54 Å². The quantitative estimate of drug-likeness (QED) is 0.399. The Morgan fingerprint density at radius 2 is 1.66 bits per heavy atom. The van der Waals surface area contributed by atoms with Crippen LogP contribution in [0.2, 0.25) is 0 Å². The van der Waals surface area contributed by atoms with Crippen LogP contribution in [0.3, 0.4) is 0 Å². The number of thiazole rings is 1. The van der Waals surface area contributed by atoms with Gasteiger partial charge in [-0.25, -0.2) is 9.38 Å². The third-order valence-corrected chi connectivity index (χ3v) is 6.56. The van der Waals surface area contributed by atoms with Gasteiger partial charge in [-0.2, -0.15) is 0 Å². The first-order chi connectivity index (χ1) is 15.8. The minimum atomic E-state index is -0.0251. The van der Waals surface area contributed by atoms with E-state index in [1.54, 1.807) is 4.40 Å². The number of para-hydroxylation sites is 4. The fraction of sp³-hybridized carbons (Fsp3) is 0.0769. The van der Waals surface area contributed by atoms with Crippen molar-refractivity contribution in [3.8, 4) is 5.75 Å². The fourth-order valence-corrected chi connectivity index (χ4v) is 5.08. The van der Waals surface area contributed by atoms with Crippen LogP contribution in [-0.4, -0.2) is 20.6 Å². The first kappa shape index (κ1) is 18.8. The highest BCUT2D eigenvalue weighted by atomic mass is 32.1. The van der Waals surface area contributed by atoms with E-state index in [2.05, 4.69) is 27.9 Å². The molecule has 3 heterocycles. The van der Waals surface area contributed by atoms with Gasteiger partial charge in [0.25, 0.3) is 5.56 Å². The van der Waals surface area contributed by atoms with Gasteiger partial charge in [0.15, 0.2) is 4.96 Å². The summed E-state index contributed by atoms with van der Waals surface area (Å²) in [4.78, 5) is 18.5. The highest BCUT2D eigenvalue weighted by Gasteiger charge is 2.12. The highest BCUT2D eigenvalue weighted by molar-refractivity contribution is 7.15. The third kappa shape index (κ3) is 3.16. The van der Waals surface area contributed by atoms with Crippen LogP contribution < -0.4 is 14.8 Å². The smallest absolute Gasteiger partial charge is 0.274 e. The summed E-state index contributed by atoms with van der Waals surface area (Å²) in [6.07, 6.45) is 4.08. The monoisotopic (exact) mass is 437 g/mol. The standard InChI is InChI=1S/C26H19N3O2S/c30-25-24(32-26-27-21-11-5-7-13-23(21)29(25)26)16-18-17-28(22-12-6-4-10-20(18)22)14-15-31-19-8-2-1-3-9-19/h1-13,16-17H,14-15H2/b24-16-. The second-order valence-corrected chi connectivity index (χ2v) is 8.60. The Morgan fingerprint density at radius 3 is 2.53 bits per heavy atom. The summed E-state index contributed by atoms with van der Waals surface area (Å²) in [5, 5.41) is 1.11. The van der Waals surface area contributed by atoms with Crippen molar-refractivity contribution < 1.29 is 4.74 Å². The van der Waals surface area contributed by atoms with E-state index in [1.165, 1.54) is 11.3 Å². The topological polar surface area (TPSA) is 48.5 Å². The molecule has 6 rings (SSSR count). The first-order valence-electron chi connectivity index (χ1n) is 10.5. The average molecular weight is 438 g/mol. The molecule has 0 spiro atoms. The predicted octanol–water partition coefficient (Wildman–Crippen LogP) is 4.49. The Hall–Kier alpha value is -3.90. The molecule has 0 saturated carbocycles. The van der Waals surface area contributed by atoms with Gasteiger partial charge in [0.1, 0.15) is 12.4 Å². The number of fused-ring (bicyclic) bond motifs is 4. The fourth-order valence-electron chi connectivity index (χ4n) is 4.11. The number of imidazole rings is 1. The molecule has 0 N–H and O–H groups in total. The summed E-state index contributed by atoms with van der Waals surface area (Å²) in [7, 11) is 0. The maximum Gasteiger partial charge on any atom is 0.274 e. The van der Waals surface area contributed by atoms with E-state index in [9.17, 15) is 4.79 Å².